The number of rotatable bonds is 2. The SMILES string of the molecule is FC(F)(F)c1ccc(-c2ccc3c(c2)-c2nc(C4CC4)cn2CCO3)cc1. The number of fused-ring (bicyclic) bond motifs is 3. The number of imidazole rings is 1. The Labute approximate surface area is 154 Å². The van der Waals surface area contributed by atoms with Gasteiger partial charge in [-0.15, -0.1) is 0 Å². The van der Waals surface area contributed by atoms with E-state index in [-0.39, 0.29) is 0 Å². The smallest absolute Gasteiger partial charge is 0.416 e. The van der Waals surface area contributed by atoms with Crippen LogP contribution in [0.3, 0.4) is 0 Å². The van der Waals surface area contributed by atoms with Crippen LogP contribution in [0.25, 0.3) is 22.5 Å². The van der Waals surface area contributed by atoms with Crippen LogP contribution in [-0.2, 0) is 12.7 Å². The van der Waals surface area contributed by atoms with E-state index in [1.165, 1.54) is 25.0 Å². The van der Waals surface area contributed by atoms with E-state index < -0.39 is 11.7 Å². The highest BCUT2D eigenvalue weighted by molar-refractivity contribution is 5.75. The molecule has 1 aliphatic heterocycles. The van der Waals surface area contributed by atoms with Crippen molar-refractivity contribution in [2.24, 2.45) is 0 Å². The molecular formula is C21H17F3N2O. The number of alkyl halides is 3. The fraction of sp³-hybridized carbons (Fsp3) is 0.286. The molecule has 6 heteroatoms. The Hall–Kier alpha value is -2.76. The molecule has 1 fully saturated rings. The number of hydrogen-bond donors (Lipinski definition) is 0. The van der Waals surface area contributed by atoms with E-state index in [9.17, 15) is 13.2 Å². The lowest BCUT2D eigenvalue weighted by atomic mass is 10.0. The topological polar surface area (TPSA) is 27.1 Å². The van der Waals surface area contributed by atoms with Gasteiger partial charge < -0.3 is 9.30 Å². The van der Waals surface area contributed by atoms with Crippen LogP contribution in [0.5, 0.6) is 5.75 Å². The van der Waals surface area contributed by atoms with E-state index >= 15 is 0 Å². The molecule has 3 nitrogen and oxygen atoms in total. The van der Waals surface area contributed by atoms with Gasteiger partial charge in [0.2, 0.25) is 0 Å². The maximum atomic E-state index is 12.8. The van der Waals surface area contributed by atoms with Gasteiger partial charge in [0.1, 0.15) is 18.2 Å². The second-order valence-corrected chi connectivity index (χ2v) is 7.09. The molecule has 138 valence electrons. The van der Waals surface area contributed by atoms with E-state index in [2.05, 4.69) is 10.8 Å². The van der Waals surface area contributed by atoms with Crippen molar-refractivity contribution in [3.63, 3.8) is 0 Å². The van der Waals surface area contributed by atoms with Gasteiger partial charge in [-0.3, -0.25) is 0 Å². The van der Waals surface area contributed by atoms with E-state index in [0.717, 1.165) is 52.6 Å². The van der Waals surface area contributed by atoms with Gasteiger partial charge in [-0.05, 0) is 48.2 Å². The molecular weight excluding hydrogens is 353 g/mol. The van der Waals surface area contributed by atoms with Crippen molar-refractivity contribution in [1.82, 2.24) is 9.55 Å². The molecule has 27 heavy (non-hydrogen) atoms. The highest BCUT2D eigenvalue weighted by atomic mass is 19.4. The van der Waals surface area contributed by atoms with E-state index in [1.807, 2.05) is 18.2 Å². The van der Waals surface area contributed by atoms with Gasteiger partial charge in [0.15, 0.2) is 0 Å². The van der Waals surface area contributed by atoms with Crippen molar-refractivity contribution in [2.75, 3.05) is 6.61 Å². The van der Waals surface area contributed by atoms with Crippen LogP contribution >= 0.6 is 0 Å². The van der Waals surface area contributed by atoms with Gasteiger partial charge in [-0.25, -0.2) is 4.98 Å². The molecule has 0 atom stereocenters. The van der Waals surface area contributed by atoms with Gasteiger partial charge in [0, 0.05) is 12.1 Å². The number of benzene rings is 2. The zero-order chi connectivity index (χ0) is 18.6. The molecule has 0 saturated heterocycles. The summed E-state index contributed by atoms with van der Waals surface area (Å²) in [5, 5.41) is 0. The Morgan fingerprint density at radius 2 is 1.74 bits per heavy atom. The lowest BCUT2D eigenvalue weighted by Gasteiger charge is -2.11. The Bertz CT molecular complexity index is 1000. The summed E-state index contributed by atoms with van der Waals surface area (Å²) < 4.78 is 46.4. The number of hydrogen-bond acceptors (Lipinski definition) is 2. The zero-order valence-corrected chi connectivity index (χ0v) is 14.5. The standard InChI is InChI=1S/C21H17F3N2O/c22-21(23,24)16-6-3-13(4-7-16)15-5-8-19-17(11-15)20-25-18(14-1-2-14)12-26(20)9-10-27-19/h3-8,11-12,14H,1-2,9-10H2. The Balaban J connectivity index is 1.56. The van der Waals surface area contributed by atoms with Crippen molar-refractivity contribution in [3.05, 3.63) is 59.9 Å². The monoisotopic (exact) mass is 370 g/mol. The third-order valence-corrected chi connectivity index (χ3v) is 5.15. The number of ether oxygens (including phenoxy) is 1. The number of nitrogens with zero attached hydrogens (tertiary/aromatic N) is 2. The van der Waals surface area contributed by atoms with Crippen LogP contribution < -0.4 is 4.74 Å². The Morgan fingerprint density at radius 3 is 2.44 bits per heavy atom. The number of halogens is 3. The molecule has 0 radical (unpaired) electrons. The molecule has 0 bridgehead atoms. The van der Waals surface area contributed by atoms with Crippen molar-refractivity contribution < 1.29 is 17.9 Å². The van der Waals surface area contributed by atoms with E-state index in [0.29, 0.717) is 12.5 Å². The third kappa shape index (κ3) is 2.99. The minimum absolute atomic E-state index is 0.562. The molecule has 0 unspecified atom stereocenters. The van der Waals surface area contributed by atoms with Gasteiger partial charge >= 0.3 is 6.18 Å². The minimum atomic E-state index is -4.33. The molecule has 2 aliphatic rings. The van der Waals surface area contributed by atoms with Gasteiger partial charge in [-0.2, -0.15) is 13.2 Å². The summed E-state index contributed by atoms with van der Waals surface area (Å²) in [4.78, 5) is 4.83. The molecule has 1 saturated carbocycles. The molecule has 3 aromatic rings. The van der Waals surface area contributed by atoms with Crippen molar-refractivity contribution >= 4 is 0 Å². The molecule has 0 N–H and O–H groups in total. The fourth-order valence-electron chi connectivity index (χ4n) is 3.51. The van der Waals surface area contributed by atoms with Crippen LogP contribution in [0.4, 0.5) is 13.2 Å². The molecule has 5 rings (SSSR count). The minimum Gasteiger partial charge on any atom is -0.491 e. The van der Waals surface area contributed by atoms with Crippen molar-refractivity contribution in [3.8, 4) is 28.3 Å². The molecule has 2 heterocycles. The molecule has 1 aromatic heterocycles. The van der Waals surface area contributed by atoms with Crippen LogP contribution in [-0.4, -0.2) is 16.2 Å². The van der Waals surface area contributed by atoms with Crippen LogP contribution in [0.1, 0.15) is 30.0 Å². The van der Waals surface area contributed by atoms with Gasteiger partial charge in [-0.1, -0.05) is 18.2 Å². The van der Waals surface area contributed by atoms with Crippen molar-refractivity contribution in [2.45, 2.75) is 31.5 Å². The summed E-state index contributed by atoms with van der Waals surface area (Å²) in [7, 11) is 0. The first-order valence-electron chi connectivity index (χ1n) is 9.01. The fourth-order valence-corrected chi connectivity index (χ4v) is 3.51. The molecule has 0 amide bonds. The quantitative estimate of drug-likeness (QED) is 0.595. The second kappa shape index (κ2) is 5.87. The lowest BCUT2D eigenvalue weighted by molar-refractivity contribution is -0.137. The Kier molecular flexibility index (Phi) is 3.57. The summed E-state index contributed by atoms with van der Waals surface area (Å²) in [5.41, 5.74) is 2.94. The highest BCUT2D eigenvalue weighted by Crippen LogP contribution is 2.42. The number of aromatic nitrogens is 2. The maximum Gasteiger partial charge on any atom is 0.416 e. The van der Waals surface area contributed by atoms with Crippen LogP contribution in [0.2, 0.25) is 0 Å². The summed E-state index contributed by atoms with van der Waals surface area (Å²) in [6, 6.07) is 11.0. The highest BCUT2D eigenvalue weighted by Gasteiger charge is 2.30. The molecule has 1 aliphatic carbocycles. The zero-order valence-electron chi connectivity index (χ0n) is 14.5. The predicted molar refractivity (Wildman–Crippen MR) is 95.6 cm³/mol. The normalized spacial score (nSPS) is 16.3. The first-order valence-corrected chi connectivity index (χ1v) is 9.01. The summed E-state index contributed by atoms with van der Waals surface area (Å²) in [6.07, 6.45) is 0.150. The first kappa shape index (κ1) is 16.4. The molecule has 2 aromatic carbocycles. The van der Waals surface area contributed by atoms with Crippen LogP contribution in [0.15, 0.2) is 48.7 Å². The second-order valence-electron chi connectivity index (χ2n) is 7.09. The predicted octanol–water partition coefficient (Wildman–Crippen LogP) is 5.51. The van der Waals surface area contributed by atoms with Gasteiger partial charge in [0.05, 0.1) is 23.4 Å². The summed E-state index contributed by atoms with van der Waals surface area (Å²) in [6.45, 7) is 1.30. The average Bonchev–Trinajstić information content (AvgIpc) is 3.44. The van der Waals surface area contributed by atoms with Crippen molar-refractivity contribution in [1.29, 1.82) is 0 Å². The van der Waals surface area contributed by atoms with Crippen LogP contribution in [0, 0.1) is 0 Å². The first-order chi connectivity index (χ1) is 13.0. The van der Waals surface area contributed by atoms with E-state index in [4.69, 9.17) is 9.72 Å². The Morgan fingerprint density at radius 1 is 1.00 bits per heavy atom. The van der Waals surface area contributed by atoms with E-state index in [1.54, 1.807) is 0 Å². The molecule has 0 spiro atoms. The maximum absolute atomic E-state index is 12.8. The third-order valence-electron chi connectivity index (χ3n) is 5.15. The summed E-state index contributed by atoms with van der Waals surface area (Å²) >= 11 is 0. The van der Waals surface area contributed by atoms with Gasteiger partial charge in [0.25, 0.3) is 0 Å². The average molecular weight is 370 g/mol. The largest absolute Gasteiger partial charge is 0.491 e. The lowest BCUT2D eigenvalue weighted by Crippen LogP contribution is -2.04. The summed E-state index contributed by atoms with van der Waals surface area (Å²) in [5.74, 6) is 2.20.